The van der Waals surface area contributed by atoms with Crippen molar-refractivity contribution < 1.29 is 18.7 Å². The van der Waals surface area contributed by atoms with Crippen LogP contribution in [-0.4, -0.2) is 25.7 Å². The minimum atomic E-state index is -1.61. The third kappa shape index (κ3) is 6.11. The van der Waals surface area contributed by atoms with Crippen molar-refractivity contribution in [2.45, 2.75) is 71.9 Å². The third-order valence-corrected chi connectivity index (χ3v) is 8.41. The number of esters is 1. The Morgan fingerprint density at radius 1 is 1.00 bits per heavy atom. The first kappa shape index (κ1) is 30.2. The van der Waals surface area contributed by atoms with Gasteiger partial charge >= 0.3 is 11.7 Å². The molecule has 0 fully saturated rings. The minimum Gasteiger partial charge on any atom is -0.458 e. The van der Waals surface area contributed by atoms with Gasteiger partial charge in [0.15, 0.2) is 0 Å². The predicted molar refractivity (Wildman–Crippen MR) is 166 cm³/mol. The fourth-order valence-corrected chi connectivity index (χ4v) is 6.14. The maximum Gasteiger partial charge on any atom is 0.333 e. The van der Waals surface area contributed by atoms with Crippen LogP contribution in [-0.2, 0) is 33.0 Å². The van der Waals surface area contributed by atoms with Gasteiger partial charge in [0.2, 0.25) is 5.89 Å². The molecule has 224 valence electrons. The van der Waals surface area contributed by atoms with Crippen molar-refractivity contribution >= 4 is 27.5 Å². The number of nitrogens with zero attached hydrogens (tertiary/aromatic N) is 3. The summed E-state index contributed by atoms with van der Waals surface area (Å²) in [5.74, 6) is -0.346. The lowest BCUT2D eigenvalue weighted by atomic mass is 10.0. The number of thiophene rings is 1. The number of carbonyl (C=O) groups is 1. The summed E-state index contributed by atoms with van der Waals surface area (Å²) in [4.78, 5) is 47.3. The molecule has 0 bridgehead atoms. The highest BCUT2D eigenvalue weighted by atomic mass is 32.1. The van der Waals surface area contributed by atoms with E-state index >= 15 is 0 Å². The van der Waals surface area contributed by atoms with Crippen molar-refractivity contribution in [2.75, 3.05) is 0 Å². The molecule has 0 saturated heterocycles. The highest BCUT2D eigenvalue weighted by molar-refractivity contribution is 7.22. The topological polar surface area (TPSA) is 106 Å². The van der Waals surface area contributed by atoms with Crippen LogP contribution in [0.25, 0.3) is 21.0 Å². The molecule has 2 aromatic carbocycles. The van der Waals surface area contributed by atoms with E-state index in [0.717, 1.165) is 15.7 Å². The smallest absolute Gasteiger partial charge is 0.333 e. The molecule has 5 rings (SSSR count). The molecule has 43 heavy (non-hydrogen) atoms. The van der Waals surface area contributed by atoms with E-state index in [1.165, 1.54) is 42.2 Å². The maximum atomic E-state index is 14.4. The number of carbonyl (C=O) groups excluding carboxylic acids is 1. The number of rotatable bonds is 9. The first-order valence-electron chi connectivity index (χ1n) is 14.0. The fraction of sp³-hybridized carbons (Fsp3) is 0.333. The number of aromatic nitrogens is 3. The van der Waals surface area contributed by atoms with E-state index in [1.54, 1.807) is 27.7 Å². The van der Waals surface area contributed by atoms with Crippen LogP contribution in [0.2, 0.25) is 0 Å². The summed E-state index contributed by atoms with van der Waals surface area (Å²) in [5.41, 5.74) is -1.20. The van der Waals surface area contributed by atoms with Gasteiger partial charge in [0, 0.05) is 0 Å². The Bertz CT molecular complexity index is 1850. The number of hydrogen-bond donors (Lipinski definition) is 0. The summed E-state index contributed by atoms with van der Waals surface area (Å²) < 4.78 is 20.2. The summed E-state index contributed by atoms with van der Waals surface area (Å²) in [7, 11) is 0. The molecule has 3 heterocycles. The predicted octanol–water partition coefficient (Wildman–Crippen LogP) is 6.22. The summed E-state index contributed by atoms with van der Waals surface area (Å²) in [6.45, 7) is 10.5. The molecule has 0 aliphatic heterocycles. The second-order valence-electron chi connectivity index (χ2n) is 11.9. The lowest BCUT2D eigenvalue weighted by molar-refractivity contribution is -0.164. The first-order chi connectivity index (χ1) is 20.4. The number of aryl methyl sites for hydroxylation is 1. The number of fused-ring (bicyclic) bond motifs is 1. The molecule has 0 amide bonds. The molecule has 1 atom stereocenters. The van der Waals surface area contributed by atoms with Crippen molar-refractivity contribution in [1.29, 1.82) is 0 Å². The van der Waals surface area contributed by atoms with Gasteiger partial charge in [-0.1, -0.05) is 60.7 Å². The highest BCUT2D eigenvalue weighted by Crippen LogP contribution is 2.36. The third-order valence-electron chi connectivity index (χ3n) is 7.11. The van der Waals surface area contributed by atoms with Gasteiger partial charge < -0.3 is 13.9 Å². The largest absolute Gasteiger partial charge is 0.458 e. The van der Waals surface area contributed by atoms with Crippen LogP contribution in [0, 0.1) is 6.92 Å². The Morgan fingerprint density at radius 3 is 2.26 bits per heavy atom. The minimum absolute atomic E-state index is 0.0852. The van der Waals surface area contributed by atoms with E-state index in [-0.39, 0.29) is 6.54 Å². The Morgan fingerprint density at radius 2 is 1.65 bits per heavy atom. The molecule has 0 aliphatic carbocycles. The van der Waals surface area contributed by atoms with Gasteiger partial charge in [-0.25, -0.2) is 19.1 Å². The van der Waals surface area contributed by atoms with Crippen LogP contribution in [0.5, 0.6) is 0 Å². The van der Waals surface area contributed by atoms with Crippen molar-refractivity contribution in [3.63, 3.8) is 0 Å². The summed E-state index contributed by atoms with van der Waals surface area (Å²) >= 11 is 1.25. The number of benzene rings is 2. The van der Waals surface area contributed by atoms with Crippen LogP contribution in [0.15, 0.2) is 87.1 Å². The number of oxazole rings is 1. The lowest BCUT2D eigenvalue weighted by Crippen LogP contribution is -2.54. The zero-order chi connectivity index (χ0) is 30.9. The zero-order valence-electron chi connectivity index (χ0n) is 25.1. The average molecular weight is 602 g/mol. The van der Waals surface area contributed by atoms with E-state index in [2.05, 4.69) is 4.98 Å². The molecular formula is C33H35N3O6S. The molecule has 0 radical (unpaired) electrons. The summed E-state index contributed by atoms with van der Waals surface area (Å²) in [6.07, 6.45) is 2.43. The molecule has 0 N–H and O–H groups in total. The molecular weight excluding hydrogens is 566 g/mol. The quantitative estimate of drug-likeness (QED) is 0.185. The lowest BCUT2D eigenvalue weighted by Gasteiger charge is -2.30. The van der Waals surface area contributed by atoms with Gasteiger partial charge in [0.1, 0.15) is 28.3 Å². The second-order valence-corrected chi connectivity index (χ2v) is 12.9. The summed E-state index contributed by atoms with van der Waals surface area (Å²) in [5, 5.41) is 0.310. The van der Waals surface area contributed by atoms with Crippen molar-refractivity contribution in [3.05, 3.63) is 111 Å². The molecule has 10 heteroatoms. The van der Waals surface area contributed by atoms with Crippen LogP contribution in [0.3, 0.4) is 0 Å². The Kier molecular flexibility index (Phi) is 8.27. The van der Waals surface area contributed by atoms with Gasteiger partial charge in [-0.15, -0.1) is 11.3 Å². The van der Waals surface area contributed by atoms with Crippen LogP contribution < -0.4 is 11.2 Å². The van der Waals surface area contributed by atoms with Crippen LogP contribution in [0.4, 0.5) is 0 Å². The van der Waals surface area contributed by atoms with E-state index in [4.69, 9.17) is 13.9 Å². The Hall–Kier alpha value is -4.28. The molecule has 0 spiro atoms. The molecule has 0 saturated carbocycles. The Balaban J connectivity index is 1.72. The van der Waals surface area contributed by atoms with Gasteiger partial charge in [-0.2, -0.15) is 0 Å². The van der Waals surface area contributed by atoms with Crippen molar-refractivity contribution in [1.82, 2.24) is 14.1 Å². The number of hydrogen-bond acceptors (Lipinski definition) is 8. The van der Waals surface area contributed by atoms with Crippen LogP contribution >= 0.6 is 11.3 Å². The van der Waals surface area contributed by atoms with E-state index < -0.39 is 34.5 Å². The van der Waals surface area contributed by atoms with Crippen molar-refractivity contribution in [2.24, 2.45) is 0 Å². The second kappa shape index (κ2) is 11.8. The van der Waals surface area contributed by atoms with Gasteiger partial charge in [-0.3, -0.25) is 9.36 Å². The monoisotopic (exact) mass is 601 g/mol. The van der Waals surface area contributed by atoms with Gasteiger partial charge in [0.05, 0.1) is 29.6 Å². The fourth-order valence-electron chi connectivity index (χ4n) is 4.89. The molecule has 3 aromatic heterocycles. The standard InChI is InChI=1S/C33H35N3O6S/c1-21-25-28(37)36(33(5,6)30(38)42-32(2,3)4)31(39)35(29(25)43-26(21)27-34-17-18-40-27)19-24(23-15-11-8-12-16-23)41-20-22-13-9-7-10-14-22/h7-18,24H,19-20H2,1-6H3/t24-/m0/s1. The van der Waals surface area contributed by atoms with Crippen LogP contribution in [0.1, 0.15) is 57.4 Å². The molecule has 5 aromatic rings. The average Bonchev–Trinajstić information content (AvgIpc) is 3.61. The first-order valence-corrected chi connectivity index (χ1v) is 14.8. The van der Waals surface area contributed by atoms with Crippen molar-refractivity contribution in [3.8, 4) is 10.8 Å². The molecule has 0 aliphatic rings. The van der Waals surface area contributed by atoms with Gasteiger partial charge in [-0.05, 0) is 58.2 Å². The molecule has 9 nitrogen and oxygen atoms in total. The number of ether oxygens (including phenoxy) is 2. The van der Waals surface area contributed by atoms with E-state index in [9.17, 15) is 14.4 Å². The van der Waals surface area contributed by atoms with Gasteiger partial charge in [0.25, 0.3) is 5.56 Å². The van der Waals surface area contributed by atoms with E-state index in [1.807, 2.05) is 60.7 Å². The Labute approximate surface area is 253 Å². The zero-order valence-corrected chi connectivity index (χ0v) is 25.9. The normalized spacial score (nSPS) is 12.9. The highest BCUT2D eigenvalue weighted by Gasteiger charge is 2.39. The SMILES string of the molecule is Cc1c(-c2ncco2)sc2c1c(=O)n(C(C)(C)C(=O)OC(C)(C)C)c(=O)n2C[C@H](OCc1ccccc1)c1ccccc1. The maximum absolute atomic E-state index is 14.4. The van der Waals surface area contributed by atoms with E-state index in [0.29, 0.717) is 33.2 Å². The molecule has 0 unspecified atom stereocenters. The summed E-state index contributed by atoms with van der Waals surface area (Å²) in [6, 6.07) is 19.4.